The lowest BCUT2D eigenvalue weighted by atomic mass is 9.80. The number of hydrogen-bond donors (Lipinski definition) is 0. The van der Waals surface area contributed by atoms with E-state index in [2.05, 4.69) is 41.2 Å². The van der Waals surface area contributed by atoms with Gasteiger partial charge in [-0.2, -0.15) is 0 Å². The molecule has 120 valence electrons. The largest absolute Gasteiger partial charge is 0.0999 e. The van der Waals surface area contributed by atoms with Crippen LogP contribution in [0.1, 0.15) is 98.8 Å². The predicted octanol–water partition coefficient (Wildman–Crippen LogP) is 7.39. The topological polar surface area (TPSA) is 0 Å². The standard InChI is InChI=1S/C20H40/c1-7-12-13-18(9-3)15-20(11-5)16-19(10-4)14-17(6)8-2/h18-20H,6-16H2,1-5H3. The molecule has 0 aliphatic heterocycles. The van der Waals surface area contributed by atoms with Crippen LogP contribution in [0.5, 0.6) is 0 Å². The van der Waals surface area contributed by atoms with Gasteiger partial charge >= 0.3 is 0 Å². The van der Waals surface area contributed by atoms with E-state index in [1.807, 2.05) is 0 Å². The third-order valence-electron chi connectivity index (χ3n) is 5.11. The number of allylic oxidation sites excluding steroid dienone is 1. The Balaban J connectivity index is 4.30. The number of unbranched alkanes of at least 4 members (excludes halogenated alkanes) is 1. The quantitative estimate of drug-likeness (QED) is 0.308. The summed E-state index contributed by atoms with van der Waals surface area (Å²) in [5, 5.41) is 0. The molecule has 20 heavy (non-hydrogen) atoms. The van der Waals surface area contributed by atoms with Crippen LogP contribution in [0.4, 0.5) is 0 Å². The molecule has 0 heterocycles. The SMILES string of the molecule is C=C(CC)CC(CC)CC(CC)CC(CC)CCCC. The Morgan fingerprint density at radius 1 is 0.800 bits per heavy atom. The molecular formula is C20H40. The Bertz CT molecular complexity index is 228. The first kappa shape index (κ1) is 19.7. The molecule has 0 fully saturated rings. The van der Waals surface area contributed by atoms with Crippen molar-refractivity contribution in [3.05, 3.63) is 12.2 Å². The van der Waals surface area contributed by atoms with Crippen LogP contribution in [-0.4, -0.2) is 0 Å². The summed E-state index contributed by atoms with van der Waals surface area (Å²) < 4.78 is 0. The van der Waals surface area contributed by atoms with Crippen LogP contribution in [0, 0.1) is 17.8 Å². The van der Waals surface area contributed by atoms with Crippen LogP contribution in [0.15, 0.2) is 12.2 Å². The van der Waals surface area contributed by atoms with Crippen LogP contribution in [0.2, 0.25) is 0 Å². The maximum absolute atomic E-state index is 4.21. The summed E-state index contributed by atoms with van der Waals surface area (Å²) in [6.07, 6.45) is 13.6. The molecule has 0 bridgehead atoms. The van der Waals surface area contributed by atoms with Gasteiger partial charge in [0.05, 0.1) is 0 Å². The van der Waals surface area contributed by atoms with Gasteiger partial charge in [0.25, 0.3) is 0 Å². The van der Waals surface area contributed by atoms with Crippen molar-refractivity contribution in [3.63, 3.8) is 0 Å². The minimum Gasteiger partial charge on any atom is -0.0999 e. The molecule has 0 radical (unpaired) electrons. The van der Waals surface area contributed by atoms with E-state index in [1.54, 1.807) is 0 Å². The summed E-state index contributed by atoms with van der Waals surface area (Å²) >= 11 is 0. The van der Waals surface area contributed by atoms with E-state index in [0.29, 0.717) is 0 Å². The molecule has 0 aliphatic rings. The molecule has 0 N–H and O–H groups in total. The van der Waals surface area contributed by atoms with Crippen LogP contribution in [-0.2, 0) is 0 Å². The third-order valence-corrected chi connectivity index (χ3v) is 5.11. The minimum atomic E-state index is 0.871. The summed E-state index contributed by atoms with van der Waals surface area (Å²) in [7, 11) is 0. The van der Waals surface area contributed by atoms with Crippen LogP contribution < -0.4 is 0 Å². The van der Waals surface area contributed by atoms with Crippen molar-refractivity contribution < 1.29 is 0 Å². The van der Waals surface area contributed by atoms with Crippen LogP contribution in [0.25, 0.3) is 0 Å². The van der Waals surface area contributed by atoms with Crippen molar-refractivity contribution >= 4 is 0 Å². The molecular weight excluding hydrogens is 240 g/mol. The zero-order chi connectivity index (χ0) is 15.4. The Kier molecular flexibility index (Phi) is 12.3. The highest BCUT2D eigenvalue weighted by Gasteiger charge is 2.18. The Labute approximate surface area is 129 Å². The van der Waals surface area contributed by atoms with Crippen molar-refractivity contribution in [1.29, 1.82) is 0 Å². The van der Waals surface area contributed by atoms with E-state index in [4.69, 9.17) is 0 Å². The first-order valence-electron chi connectivity index (χ1n) is 9.27. The molecule has 0 aromatic carbocycles. The van der Waals surface area contributed by atoms with Gasteiger partial charge in [-0.05, 0) is 43.4 Å². The van der Waals surface area contributed by atoms with Gasteiger partial charge in [0, 0.05) is 0 Å². The van der Waals surface area contributed by atoms with Crippen molar-refractivity contribution in [3.8, 4) is 0 Å². The second-order valence-electron chi connectivity index (χ2n) is 6.74. The average Bonchev–Trinajstić information content (AvgIpc) is 2.48. The highest BCUT2D eigenvalue weighted by atomic mass is 14.2. The maximum atomic E-state index is 4.21. The van der Waals surface area contributed by atoms with E-state index in [0.717, 1.165) is 24.2 Å². The van der Waals surface area contributed by atoms with Crippen molar-refractivity contribution in [1.82, 2.24) is 0 Å². The molecule has 0 aromatic heterocycles. The summed E-state index contributed by atoms with van der Waals surface area (Å²) in [5.41, 5.74) is 1.45. The van der Waals surface area contributed by atoms with E-state index < -0.39 is 0 Å². The smallest absolute Gasteiger partial charge is 0.0295 e. The predicted molar refractivity (Wildman–Crippen MR) is 94.2 cm³/mol. The zero-order valence-corrected chi connectivity index (χ0v) is 15.0. The second kappa shape index (κ2) is 12.5. The molecule has 3 atom stereocenters. The van der Waals surface area contributed by atoms with Crippen molar-refractivity contribution in [2.75, 3.05) is 0 Å². The molecule has 0 nitrogen and oxygen atoms in total. The monoisotopic (exact) mass is 280 g/mol. The molecule has 3 unspecified atom stereocenters. The summed E-state index contributed by atoms with van der Waals surface area (Å²) in [6, 6.07) is 0. The van der Waals surface area contributed by atoms with Gasteiger partial charge in [0.15, 0.2) is 0 Å². The van der Waals surface area contributed by atoms with Crippen LogP contribution >= 0.6 is 0 Å². The normalized spacial score (nSPS) is 15.8. The Morgan fingerprint density at radius 3 is 1.80 bits per heavy atom. The van der Waals surface area contributed by atoms with E-state index in [9.17, 15) is 0 Å². The van der Waals surface area contributed by atoms with Crippen LogP contribution in [0.3, 0.4) is 0 Å². The molecule has 0 saturated heterocycles. The molecule has 0 heteroatoms. The second-order valence-corrected chi connectivity index (χ2v) is 6.74. The van der Waals surface area contributed by atoms with E-state index >= 15 is 0 Å². The fourth-order valence-corrected chi connectivity index (χ4v) is 3.30. The Morgan fingerprint density at radius 2 is 1.35 bits per heavy atom. The average molecular weight is 281 g/mol. The number of rotatable bonds is 13. The Hall–Kier alpha value is -0.260. The highest BCUT2D eigenvalue weighted by molar-refractivity contribution is 4.94. The molecule has 0 rings (SSSR count). The van der Waals surface area contributed by atoms with Crippen molar-refractivity contribution in [2.45, 2.75) is 98.8 Å². The fraction of sp³-hybridized carbons (Fsp3) is 0.900. The fourth-order valence-electron chi connectivity index (χ4n) is 3.30. The highest BCUT2D eigenvalue weighted by Crippen LogP contribution is 2.31. The molecule has 0 saturated carbocycles. The van der Waals surface area contributed by atoms with Gasteiger partial charge < -0.3 is 0 Å². The minimum absolute atomic E-state index is 0.871. The van der Waals surface area contributed by atoms with Crippen molar-refractivity contribution in [2.24, 2.45) is 17.8 Å². The summed E-state index contributed by atoms with van der Waals surface area (Å²) in [5.74, 6) is 2.77. The van der Waals surface area contributed by atoms with Gasteiger partial charge in [-0.15, -0.1) is 0 Å². The van der Waals surface area contributed by atoms with Gasteiger partial charge in [-0.1, -0.05) is 85.3 Å². The summed E-state index contributed by atoms with van der Waals surface area (Å²) in [4.78, 5) is 0. The van der Waals surface area contributed by atoms with E-state index in [-0.39, 0.29) is 0 Å². The van der Waals surface area contributed by atoms with E-state index in [1.165, 1.54) is 63.4 Å². The van der Waals surface area contributed by atoms with Gasteiger partial charge in [-0.25, -0.2) is 0 Å². The van der Waals surface area contributed by atoms with Gasteiger partial charge in [0.2, 0.25) is 0 Å². The first-order chi connectivity index (χ1) is 9.60. The third kappa shape index (κ3) is 8.82. The maximum Gasteiger partial charge on any atom is -0.0295 e. The molecule has 0 aliphatic carbocycles. The van der Waals surface area contributed by atoms with Gasteiger partial charge in [-0.3, -0.25) is 0 Å². The first-order valence-corrected chi connectivity index (χ1v) is 9.27. The lowest BCUT2D eigenvalue weighted by molar-refractivity contribution is 0.273. The zero-order valence-electron chi connectivity index (χ0n) is 15.0. The lowest BCUT2D eigenvalue weighted by Gasteiger charge is -2.26. The summed E-state index contributed by atoms with van der Waals surface area (Å²) in [6.45, 7) is 15.9. The lowest BCUT2D eigenvalue weighted by Crippen LogP contribution is -2.13. The number of hydrogen-bond acceptors (Lipinski definition) is 0. The molecule has 0 aromatic rings. The van der Waals surface area contributed by atoms with Gasteiger partial charge in [0.1, 0.15) is 0 Å². The molecule has 0 spiro atoms. The molecule has 0 amide bonds.